The number of aromatic nitrogens is 1. The molecule has 3 aromatic carbocycles. The second-order valence-electron chi connectivity index (χ2n) is 7.59. The zero-order chi connectivity index (χ0) is 26.3. The SMILES string of the molecule is O=C(NCc1ccc(S(=O)(=O)c2cc3ccccc3n2S(=O)(=O)c2ccc(F)cc2)cc1)C(F)(F)F. The Labute approximate surface area is 203 Å². The molecule has 0 spiro atoms. The normalized spacial score (nSPS) is 12.6. The van der Waals surface area contributed by atoms with Crippen LogP contribution in [-0.4, -0.2) is 32.9 Å². The third-order valence-corrected chi connectivity index (χ3v) is 8.81. The summed E-state index contributed by atoms with van der Waals surface area (Å²) >= 11 is 0. The van der Waals surface area contributed by atoms with Crippen LogP contribution in [0.2, 0.25) is 0 Å². The standard InChI is InChI=1S/C23H16F4N2O5S2/c24-17-7-11-19(12-8-17)36(33,34)29-20-4-2-1-3-16(20)13-21(29)35(31,32)18-9-5-15(6-10-18)14-28-22(30)23(25,26)27/h1-13H,14H2,(H,28,30). The number of hydrogen-bond acceptors (Lipinski definition) is 5. The molecule has 36 heavy (non-hydrogen) atoms. The summed E-state index contributed by atoms with van der Waals surface area (Å²) in [7, 11) is -8.94. The number of carbonyl (C=O) groups is 1. The van der Waals surface area contributed by atoms with Gasteiger partial charge in [0.05, 0.1) is 15.3 Å². The highest BCUT2D eigenvalue weighted by Crippen LogP contribution is 2.32. The predicted molar refractivity (Wildman–Crippen MR) is 121 cm³/mol. The highest BCUT2D eigenvalue weighted by atomic mass is 32.2. The van der Waals surface area contributed by atoms with Gasteiger partial charge in [0.1, 0.15) is 5.82 Å². The van der Waals surface area contributed by atoms with E-state index in [1.54, 1.807) is 11.4 Å². The second kappa shape index (κ2) is 9.06. The number of alkyl halides is 3. The molecular formula is C23H16F4N2O5S2. The molecule has 0 aliphatic rings. The molecule has 4 aromatic rings. The number of sulfone groups is 1. The van der Waals surface area contributed by atoms with Crippen LogP contribution in [0.3, 0.4) is 0 Å². The molecule has 13 heteroatoms. The Morgan fingerprint density at radius 3 is 2.03 bits per heavy atom. The first-order valence-electron chi connectivity index (χ1n) is 10.1. The maximum absolute atomic E-state index is 13.5. The van der Waals surface area contributed by atoms with E-state index in [0.717, 1.165) is 36.4 Å². The van der Waals surface area contributed by atoms with Gasteiger partial charge in [0.2, 0.25) is 9.84 Å². The fourth-order valence-corrected chi connectivity index (χ4v) is 6.77. The maximum Gasteiger partial charge on any atom is 0.471 e. The molecule has 4 rings (SSSR count). The van der Waals surface area contributed by atoms with Crippen molar-refractivity contribution in [3.63, 3.8) is 0 Å². The molecule has 0 aliphatic carbocycles. The van der Waals surface area contributed by atoms with Crippen LogP contribution in [0.25, 0.3) is 10.9 Å². The third-order valence-electron chi connectivity index (χ3n) is 5.21. The van der Waals surface area contributed by atoms with Gasteiger partial charge < -0.3 is 5.32 Å². The molecule has 0 fully saturated rings. The van der Waals surface area contributed by atoms with Crippen molar-refractivity contribution in [1.82, 2.24) is 9.29 Å². The van der Waals surface area contributed by atoms with Gasteiger partial charge in [-0.3, -0.25) is 4.79 Å². The van der Waals surface area contributed by atoms with Crippen molar-refractivity contribution in [3.8, 4) is 0 Å². The van der Waals surface area contributed by atoms with Crippen LogP contribution in [-0.2, 0) is 31.2 Å². The lowest BCUT2D eigenvalue weighted by Gasteiger charge is -2.13. The van der Waals surface area contributed by atoms with E-state index in [1.165, 1.54) is 36.4 Å². The number of nitrogens with zero attached hydrogens (tertiary/aromatic N) is 1. The van der Waals surface area contributed by atoms with Crippen LogP contribution in [0.1, 0.15) is 5.56 Å². The largest absolute Gasteiger partial charge is 0.471 e. The Balaban J connectivity index is 1.77. The van der Waals surface area contributed by atoms with Crippen LogP contribution >= 0.6 is 0 Å². The van der Waals surface area contributed by atoms with Gasteiger partial charge in [-0.2, -0.15) is 13.2 Å². The first kappa shape index (κ1) is 25.4. The van der Waals surface area contributed by atoms with Crippen LogP contribution in [0.5, 0.6) is 0 Å². The van der Waals surface area contributed by atoms with Crippen molar-refractivity contribution >= 4 is 36.7 Å². The van der Waals surface area contributed by atoms with Crippen LogP contribution in [0.4, 0.5) is 17.6 Å². The number of benzene rings is 3. The first-order chi connectivity index (χ1) is 16.8. The summed E-state index contributed by atoms with van der Waals surface area (Å²) in [6.45, 7) is -0.502. The molecule has 0 unspecified atom stereocenters. The molecular weight excluding hydrogens is 524 g/mol. The van der Waals surface area contributed by atoms with E-state index in [1.807, 2.05) is 0 Å². The zero-order valence-corrected chi connectivity index (χ0v) is 19.7. The Morgan fingerprint density at radius 2 is 1.42 bits per heavy atom. The monoisotopic (exact) mass is 540 g/mol. The number of hydrogen-bond donors (Lipinski definition) is 1. The van der Waals surface area contributed by atoms with Gasteiger partial charge in [-0.1, -0.05) is 30.3 Å². The minimum Gasteiger partial charge on any atom is -0.344 e. The molecule has 0 aliphatic heterocycles. The van der Waals surface area contributed by atoms with Crippen molar-refractivity contribution in [3.05, 3.63) is 90.2 Å². The van der Waals surface area contributed by atoms with E-state index in [-0.39, 0.29) is 20.9 Å². The summed E-state index contributed by atoms with van der Waals surface area (Å²) in [4.78, 5) is 10.3. The van der Waals surface area contributed by atoms with Gasteiger partial charge in [-0.15, -0.1) is 0 Å². The minimum atomic E-state index is -5.06. The number of para-hydroxylation sites is 1. The summed E-state index contributed by atoms with van der Waals surface area (Å²) < 4.78 is 105. The molecule has 7 nitrogen and oxygen atoms in total. The lowest BCUT2D eigenvalue weighted by molar-refractivity contribution is -0.173. The number of halogens is 4. The number of fused-ring (bicyclic) bond motifs is 1. The van der Waals surface area contributed by atoms with Gasteiger partial charge in [-0.05, 0) is 54.1 Å². The smallest absolute Gasteiger partial charge is 0.344 e. The number of amides is 1. The van der Waals surface area contributed by atoms with Crippen molar-refractivity contribution in [2.24, 2.45) is 0 Å². The van der Waals surface area contributed by atoms with Crippen LogP contribution < -0.4 is 5.32 Å². The molecule has 1 amide bonds. The fraction of sp³-hybridized carbons (Fsp3) is 0.0870. The molecule has 0 saturated carbocycles. The van der Waals surface area contributed by atoms with E-state index < -0.39 is 49.3 Å². The third kappa shape index (κ3) is 4.71. The molecule has 188 valence electrons. The molecule has 1 N–H and O–H groups in total. The quantitative estimate of drug-likeness (QED) is 0.372. The summed E-state index contributed by atoms with van der Waals surface area (Å²) in [6.07, 6.45) is -5.06. The maximum atomic E-state index is 13.5. The van der Waals surface area contributed by atoms with E-state index in [0.29, 0.717) is 9.36 Å². The van der Waals surface area contributed by atoms with Crippen molar-refractivity contribution < 1.29 is 39.2 Å². The van der Waals surface area contributed by atoms with Crippen molar-refractivity contribution in [1.29, 1.82) is 0 Å². The van der Waals surface area contributed by atoms with Gasteiger partial charge in [0, 0.05) is 11.9 Å². The fourth-order valence-electron chi connectivity index (χ4n) is 3.44. The Morgan fingerprint density at radius 1 is 0.833 bits per heavy atom. The number of carbonyl (C=O) groups excluding carboxylic acids is 1. The van der Waals surface area contributed by atoms with Crippen LogP contribution in [0.15, 0.2) is 93.7 Å². The first-order valence-corrected chi connectivity index (χ1v) is 13.0. The van der Waals surface area contributed by atoms with Gasteiger partial charge in [0.25, 0.3) is 10.0 Å². The molecule has 1 heterocycles. The van der Waals surface area contributed by atoms with Gasteiger partial charge in [-0.25, -0.2) is 25.2 Å². The Kier molecular flexibility index (Phi) is 6.39. The summed E-state index contributed by atoms with van der Waals surface area (Å²) in [6, 6.07) is 15.7. The van der Waals surface area contributed by atoms with E-state index in [4.69, 9.17) is 0 Å². The second-order valence-corrected chi connectivity index (χ2v) is 11.3. The summed E-state index contributed by atoms with van der Waals surface area (Å²) in [5.41, 5.74) is 0.262. The van der Waals surface area contributed by atoms with Gasteiger partial charge >= 0.3 is 12.1 Å². The summed E-state index contributed by atoms with van der Waals surface area (Å²) in [5.74, 6) is -2.82. The lowest BCUT2D eigenvalue weighted by Crippen LogP contribution is -2.36. The van der Waals surface area contributed by atoms with E-state index >= 15 is 0 Å². The topological polar surface area (TPSA) is 102 Å². The Bertz CT molecular complexity index is 1660. The molecule has 0 saturated heterocycles. The van der Waals surface area contributed by atoms with Crippen molar-refractivity contribution in [2.45, 2.75) is 27.5 Å². The highest BCUT2D eigenvalue weighted by molar-refractivity contribution is 7.93. The Hall–Kier alpha value is -3.71. The highest BCUT2D eigenvalue weighted by Gasteiger charge is 2.38. The molecule has 0 radical (unpaired) electrons. The van der Waals surface area contributed by atoms with Gasteiger partial charge in [0.15, 0.2) is 5.03 Å². The average molecular weight is 541 g/mol. The minimum absolute atomic E-state index is 0.0758. The zero-order valence-electron chi connectivity index (χ0n) is 18.0. The van der Waals surface area contributed by atoms with E-state index in [9.17, 15) is 39.2 Å². The van der Waals surface area contributed by atoms with E-state index in [2.05, 4.69) is 0 Å². The molecule has 1 aromatic heterocycles. The molecule has 0 bridgehead atoms. The predicted octanol–water partition coefficient (Wildman–Crippen LogP) is 4.03. The average Bonchev–Trinajstić information content (AvgIpc) is 3.24. The van der Waals surface area contributed by atoms with Crippen molar-refractivity contribution in [2.75, 3.05) is 0 Å². The molecule has 0 atom stereocenters. The number of rotatable bonds is 6. The number of nitrogens with one attached hydrogen (secondary N) is 1. The van der Waals surface area contributed by atoms with Crippen LogP contribution in [0, 0.1) is 5.82 Å². The summed E-state index contributed by atoms with van der Waals surface area (Å²) in [5, 5.41) is 1.41. The lowest BCUT2D eigenvalue weighted by atomic mass is 10.2.